The van der Waals surface area contributed by atoms with E-state index in [1.54, 1.807) is 24.3 Å². The number of hydrogen-bond acceptors (Lipinski definition) is 2. The largest absolute Gasteiger partial charge is 0.506 e. The highest BCUT2D eigenvalue weighted by molar-refractivity contribution is 6.33. The van der Waals surface area contributed by atoms with Gasteiger partial charge < -0.3 is 9.90 Å². The van der Waals surface area contributed by atoms with Crippen molar-refractivity contribution in [2.24, 2.45) is 0 Å². The van der Waals surface area contributed by atoms with Crippen LogP contribution >= 0.6 is 11.6 Å². The molecule has 0 amide bonds. The average molecular weight is 197 g/mol. The van der Waals surface area contributed by atoms with Crippen molar-refractivity contribution in [2.75, 3.05) is 0 Å². The molecule has 13 heavy (non-hydrogen) atoms. The molecule has 0 aliphatic heterocycles. The quantitative estimate of drug-likeness (QED) is 0.755. The number of rotatable bonds is 3. The van der Waals surface area contributed by atoms with Crippen molar-refractivity contribution in [3.8, 4) is 5.75 Å². The molecule has 0 unspecified atom stereocenters. The van der Waals surface area contributed by atoms with Gasteiger partial charge in [0.05, 0.1) is 5.02 Å². The number of allylic oxidation sites excluding steroid dienone is 1. The summed E-state index contributed by atoms with van der Waals surface area (Å²) in [5, 5.41) is 9.53. The smallest absolute Gasteiger partial charge is 0.134 e. The summed E-state index contributed by atoms with van der Waals surface area (Å²) in [7, 11) is 0. The standard InChI is InChI=1S/C10H9ClO2/c11-10-8(4-1-2-7-12)5-3-6-9(10)13/h1,3-7,13H,2H2. The second kappa shape index (κ2) is 4.67. The van der Waals surface area contributed by atoms with Crippen molar-refractivity contribution in [3.05, 3.63) is 34.9 Å². The van der Waals surface area contributed by atoms with E-state index in [4.69, 9.17) is 11.6 Å². The highest BCUT2D eigenvalue weighted by Gasteiger charge is 2.00. The minimum Gasteiger partial charge on any atom is -0.506 e. The van der Waals surface area contributed by atoms with Crippen LogP contribution in [-0.2, 0) is 4.79 Å². The van der Waals surface area contributed by atoms with Crippen LogP contribution in [0.15, 0.2) is 24.3 Å². The van der Waals surface area contributed by atoms with E-state index in [1.165, 1.54) is 6.07 Å². The normalized spacial score (nSPS) is 10.5. The Morgan fingerprint density at radius 1 is 1.46 bits per heavy atom. The lowest BCUT2D eigenvalue weighted by molar-refractivity contribution is -0.107. The molecule has 0 spiro atoms. The lowest BCUT2D eigenvalue weighted by Crippen LogP contribution is -1.76. The Labute approximate surface area is 81.5 Å². The van der Waals surface area contributed by atoms with Gasteiger partial charge in [0.1, 0.15) is 12.0 Å². The molecule has 2 nitrogen and oxygen atoms in total. The van der Waals surface area contributed by atoms with Crippen molar-refractivity contribution in [1.29, 1.82) is 0 Å². The SMILES string of the molecule is O=CCC=Cc1cccc(O)c1Cl. The van der Waals surface area contributed by atoms with E-state index in [-0.39, 0.29) is 5.75 Å². The summed E-state index contributed by atoms with van der Waals surface area (Å²) in [5.74, 6) is 0.0509. The van der Waals surface area contributed by atoms with Gasteiger partial charge in [0, 0.05) is 6.42 Å². The van der Waals surface area contributed by atoms with Gasteiger partial charge in [0.2, 0.25) is 0 Å². The molecule has 1 N–H and O–H groups in total. The van der Waals surface area contributed by atoms with E-state index in [0.29, 0.717) is 17.0 Å². The average Bonchev–Trinajstić information content (AvgIpc) is 2.13. The molecular weight excluding hydrogens is 188 g/mol. The number of halogens is 1. The van der Waals surface area contributed by atoms with Crippen LogP contribution in [0.4, 0.5) is 0 Å². The predicted molar refractivity (Wildman–Crippen MR) is 52.8 cm³/mol. The van der Waals surface area contributed by atoms with Crippen LogP contribution in [0.25, 0.3) is 6.08 Å². The third-order valence-electron chi connectivity index (χ3n) is 1.54. The molecule has 0 heterocycles. The minimum absolute atomic E-state index is 0.0509. The number of aldehydes is 1. The monoisotopic (exact) mass is 196 g/mol. The van der Waals surface area contributed by atoms with E-state index in [2.05, 4.69) is 0 Å². The van der Waals surface area contributed by atoms with Crippen molar-refractivity contribution >= 4 is 24.0 Å². The van der Waals surface area contributed by atoms with Gasteiger partial charge in [-0.1, -0.05) is 35.9 Å². The van der Waals surface area contributed by atoms with E-state index >= 15 is 0 Å². The van der Waals surface area contributed by atoms with E-state index in [1.807, 2.05) is 0 Å². The zero-order valence-corrected chi connectivity index (χ0v) is 7.66. The molecule has 1 aromatic carbocycles. The highest BCUT2D eigenvalue weighted by atomic mass is 35.5. The summed E-state index contributed by atoms with van der Waals surface area (Å²) >= 11 is 5.78. The molecule has 1 rings (SSSR count). The summed E-state index contributed by atoms with van der Waals surface area (Å²) < 4.78 is 0. The summed E-state index contributed by atoms with van der Waals surface area (Å²) in [6, 6.07) is 4.98. The highest BCUT2D eigenvalue weighted by Crippen LogP contribution is 2.27. The second-order valence-corrected chi connectivity index (χ2v) is 2.86. The fourth-order valence-corrected chi connectivity index (χ4v) is 1.11. The fraction of sp³-hybridized carbons (Fsp3) is 0.100. The van der Waals surface area contributed by atoms with Gasteiger partial charge in [-0.2, -0.15) is 0 Å². The topological polar surface area (TPSA) is 37.3 Å². The molecule has 0 saturated carbocycles. The molecule has 0 fully saturated rings. The molecule has 0 saturated heterocycles. The fourth-order valence-electron chi connectivity index (χ4n) is 0.916. The third-order valence-corrected chi connectivity index (χ3v) is 1.95. The van der Waals surface area contributed by atoms with Crippen molar-refractivity contribution in [1.82, 2.24) is 0 Å². The van der Waals surface area contributed by atoms with Crippen molar-refractivity contribution < 1.29 is 9.90 Å². The van der Waals surface area contributed by atoms with E-state index < -0.39 is 0 Å². The summed E-state index contributed by atoms with van der Waals surface area (Å²) in [6.45, 7) is 0. The number of aromatic hydroxyl groups is 1. The first-order valence-electron chi connectivity index (χ1n) is 3.83. The number of carbonyl (C=O) groups is 1. The molecule has 0 aromatic heterocycles. The maximum Gasteiger partial charge on any atom is 0.134 e. The molecular formula is C10H9ClO2. The summed E-state index contributed by atoms with van der Waals surface area (Å²) in [5.41, 5.74) is 0.712. The second-order valence-electron chi connectivity index (χ2n) is 2.49. The van der Waals surface area contributed by atoms with E-state index in [9.17, 15) is 9.90 Å². The number of phenolic OH excluding ortho intramolecular Hbond substituents is 1. The minimum atomic E-state index is 0.0509. The third kappa shape index (κ3) is 2.60. The Kier molecular flexibility index (Phi) is 3.53. The maximum atomic E-state index is 10.0. The van der Waals surface area contributed by atoms with Crippen LogP contribution in [-0.4, -0.2) is 11.4 Å². The van der Waals surface area contributed by atoms with Crippen molar-refractivity contribution in [2.45, 2.75) is 6.42 Å². The van der Waals surface area contributed by atoms with Gasteiger partial charge in [-0.3, -0.25) is 0 Å². The van der Waals surface area contributed by atoms with Gasteiger partial charge in [-0.05, 0) is 11.6 Å². The van der Waals surface area contributed by atoms with Gasteiger partial charge in [-0.25, -0.2) is 0 Å². The molecule has 3 heteroatoms. The summed E-state index contributed by atoms with van der Waals surface area (Å²) in [4.78, 5) is 10.0. The Bertz CT molecular complexity index is 332. The first-order chi connectivity index (χ1) is 6.25. The van der Waals surface area contributed by atoms with E-state index in [0.717, 1.165) is 6.29 Å². The zero-order valence-electron chi connectivity index (χ0n) is 6.90. The molecule has 68 valence electrons. The van der Waals surface area contributed by atoms with Gasteiger partial charge in [0.15, 0.2) is 0 Å². The van der Waals surface area contributed by atoms with Gasteiger partial charge >= 0.3 is 0 Å². The number of hydrogen-bond donors (Lipinski definition) is 1. The van der Waals surface area contributed by atoms with Crippen LogP contribution in [0, 0.1) is 0 Å². The lowest BCUT2D eigenvalue weighted by Gasteiger charge is -1.99. The molecule has 0 radical (unpaired) electrons. The lowest BCUT2D eigenvalue weighted by atomic mass is 10.2. The van der Waals surface area contributed by atoms with Crippen LogP contribution in [0.2, 0.25) is 5.02 Å². The Hall–Kier alpha value is -1.28. The Morgan fingerprint density at radius 3 is 2.92 bits per heavy atom. The number of benzene rings is 1. The van der Waals surface area contributed by atoms with Crippen molar-refractivity contribution in [3.63, 3.8) is 0 Å². The van der Waals surface area contributed by atoms with Crippen LogP contribution < -0.4 is 0 Å². The Balaban J connectivity index is 2.88. The van der Waals surface area contributed by atoms with Crippen LogP contribution in [0.3, 0.4) is 0 Å². The molecule has 1 aromatic rings. The number of phenols is 1. The van der Waals surface area contributed by atoms with Crippen LogP contribution in [0.1, 0.15) is 12.0 Å². The summed E-state index contributed by atoms with van der Waals surface area (Å²) in [6.07, 6.45) is 4.54. The molecule has 0 aliphatic rings. The zero-order chi connectivity index (χ0) is 9.68. The van der Waals surface area contributed by atoms with Crippen LogP contribution in [0.5, 0.6) is 5.75 Å². The van der Waals surface area contributed by atoms with Gasteiger partial charge in [0.25, 0.3) is 0 Å². The Morgan fingerprint density at radius 2 is 2.23 bits per heavy atom. The maximum absolute atomic E-state index is 10.0. The predicted octanol–water partition coefficient (Wildman–Crippen LogP) is 2.65. The first kappa shape index (κ1) is 9.81. The number of carbonyl (C=O) groups excluding carboxylic acids is 1. The molecule has 0 aliphatic carbocycles. The van der Waals surface area contributed by atoms with Gasteiger partial charge in [-0.15, -0.1) is 0 Å². The first-order valence-corrected chi connectivity index (χ1v) is 4.21. The molecule has 0 atom stereocenters. The molecule has 0 bridgehead atoms.